The molecule has 0 aliphatic carbocycles. The Hall–Kier alpha value is -2.64. The standard InChI is InChI=1S/C18H16ClN5OS/c1-10-5-6-12(19)8-13(10)23-17(25)15-11(2)22-18-20-9-21-24(18)16(15)14-4-3-7-26-14/h3-9,16H,1-2H3,(H,23,25)(H,20,21,22)/t16-/m1/s1. The molecule has 26 heavy (non-hydrogen) atoms. The molecule has 0 saturated carbocycles. The Morgan fingerprint density at radius 1 is 1.35 bits per heavy atom. The maximum Gasteiger partial charge on any atom is 0.255 e. The number of hydrogen-bond donors (Lipinski definition) is 2. The number of anilines is 2. The predicted octanol–water partition coefficient (Wildman–Crippen LogP) is 4.23. The van der Waals surface area contributed by atoms with E-state index in [4.69, 9.17) is 11.6 Å². The highest BCUT2D eigenvalue weighted by molar-refractivity contribution is 7.10. The van der Waals surface area contributed by atoms with Crippen LogP contribution in [0.1, 0.15) is 23.4 Å². The van der Waals surface area contributed by atoms with Crippen molar-refractivity contribution in [1.82, 2.24) is 14.8 Å². The van der Waals surface area contributed by atoms with E-state index in [9.17, 15) is 4.79 Å². The summed E-state index contributed by atoms with van der Waals surface area (Å²) in [4.78, 5) is 18.4. The molecular weight excluding hydrogens is 370 g/mol. The summed E-state index contributed by atoms with van der Waals surface area (Å²) in [6, 6.07) is 9.07. The van der Waals surface area contributed by atoms with Crippen molar-refractivity contribution in [3.8, 4) is 0 Å². The number of hydrogen-bond acceptors (Lipinski definition) is 5. The van der Waals surface area contributed by atoms with Gasteiger partial charge in [0.15, 0.2) is 0 Å². The van der Waals surface area contributed by atoms with E-state index in [0.29, 0.717) is 22.2 Å². The topological polar surface area (TPSA) is 71.8 Å². The Morgan fingerprint density at radius 2 is 2.19 bits per heavy atom. The third kappa shape index (κ3) is 2.89. The van der Waals surface area contributed by atoms with E-state index < -0.39 is 0 Å². The molecule has 4 rings (SSSR count). The first-order chi connectivity index (χ1) is 12.5. The molecule has 8 heteroatoms. The van der Waals surface area contributed by atoms with Crippen LogP contribution in [0.15, 0.2) is 53.3 Å². The Kier molecular flexibility index (Phi) is 4.26. The van der Waals surface area contributed by atoms with E-state index in [0.717, 1.165) is 16.1 Å². The Morgan fingerprint density at radius 3 is 2.96 bits per heavy atom. The fourth-order valence-corrected chi connectivity index (χ4v) is 4.00. The van der Waals surface area contributed by atoms with E-state index in [-0.39, 0.29) is 11.9 Å². The van der Waals surface area contributed by atoms with Crippen LogP contribution in [0.5, 0.6) is 0 Å². The second kappa shape index (κ2) is 6.59. The van der Waals surface area contributed by atoms with E-state index in [2.05, 4.69) is 20.7 Å². The van der Waals surface area contributed by atoms with Gasteiger partial charge in [-0.25, -0.2) is 4.68 Å². The van der Waals surface area contributed by atoms with Gasteiger partial charge in [-0.2, -0.15) is 10.1 Å². The molecule has 1 aromatic carbocycles. The third-order valence-electron chi connectivity index (χ3n) is 4.30. The van der Waals surface area contributed by atoms with Gasteiger partial charge < -0.3 is 10.6 Å². The van der Waals surface area contributed by atoms with E-state index >= 15 is 0 Å². The lowest BCUT2D eigenvalue weighted by atomic mass is 10.0. The zero-order valence-corrected chi connectivity index (χ0v) is 15.7. The molecular formula is C18H16ClN5OS. The molecule has 2 aromatic heterocycles. The van der Waals surface area contributed by atoms with Crippen LogP contribution in [0, 0.1) is 6.92 Å². The number of benzene rings is 1. The van der Waals surface area contributed by atoms with Crippen molar-refractivity contribution in [1.29, 1.82) is 0 Å². The predicted molar refractivity (Wildman–Crippen MR) is 104 cm³/mol. The minimum atomic E-state index is -0.326. The van der Waals surface area contributed by atoms with Gasteiger partial charge in [0.05, 0.1) is 5.57 Å². The number of thiophene rings is 1. The fourth-order valence-electron chi connectivity index (χ4n) is 3.01. The highest BCUT2D eigenvalue weighted by Crippen LogP contribution is 2.37. The monoisotopic (exact) mass is 385 g/mol. The first-order valence-electron chi connectivity index (χ1n) is 8.03. The summed E-state index contributed by atoms with van der Waals surface area (Å²) in [6.07, 6.45) is 1.48. The lowest BCUT2D eigenvalue weighted by molar-refractivity contribution is -0.113. The highest BCUT2D eigenvalue weighted by atomic mass is 35.5. The molecule has 1 amide bonds. The summed E-state index contributed by atoms with van der Waals surface area (Å²) in [7, 11) is 0. The number of fused-ring (bicyclic) bond motifs is 1. The van der Waals surface area contributed by atoms with Crippen molar-refractivity contribution in [2.75, 3.05) is 10.6 Å². The summed E-state index contributed by atoms with van der Waals surface area (Å²) in [5.74, 6) is 0.427. The van der Waals surface area contributed by atoms with Gasteiger partial charge in [0.1, 0.15) is 12.4 Å². The van der Waals surface area contributed by atoms with Crippen LogP contribution >= 0.6 is 22.9 Å². The molecule has 0 saturated heterocycles. The number of nitrogens with zero attached hydrogens (tertiary/aromatic N) is 3. The van der Waals surface area contributed by atoms with E-state index in [1.165, 1.54) is 6.33 Å². The summed E-state index contributed by atoms with van der Waals surface area (Å²) in [5.41, 5.74) is 2.99. The second-order valence-electron chi connectivity index (χ2n) is 6.02. The molecule has 1 aliphatic heterocycles. The molecule has 2 N–H and O–H groups in total. The van der Waals surface area contributed by atoms with Crippen LogP contribution in [0.25, 0.3) is 0 Å². The maximum atomic E-state index is 13.2. The van der Waals surface area contributed by atoms with Crippen LogP contribution < -0.4 is 10.6 Å². The lowest BCUT2D eigenvalue weighted by Gasteiger charge is -2.28. The van der Waals surface area contributed by atoms with Gasteiger partial charge in [0.2, 0.25) is 5.95 Å². The van der Waals surface area contributed by atoms with Crippen molar-refractivity contribution >= 4 is 40.5 Å². The minimum Gasteiger partial charge on any atom is -0.328 e. The number of rotatable bonds is 3. The second-order valence-corrected chi connectivity index (χ2v) is 7.44. The average molecular weight is 386 g/mol. The van der Waals surface area contributed by atoms with Gasteiger partial charge in [-0.1, -0.05) is 23.7 Å². The highest BCUT2D eigenvalue weighted by Gasteiger charge is 2.34. The molecule has 1 atom stereocenters. The zero-order chi connectivity index (χ0) is 18.3. The molecule has 0 fully saturated rings. The molecule has 0 bridgehead atoms. The largest absolute Gasteiger partial charge is 0.328 e. The molecule has 0 radical (unpaired) electrons. The van der Waals surface area contributed by atoms with Crippen molar-refractivity contribution in [3.05, 3.63) is 68.8 Å². The molecule has 6 nitrogen and oxygen atoms in total. The SMILES string of the molecule is CC1=C(C(=O)Nc2cc(Cl)ccc2C)[C@@H](c2cccs2)n2ncnc2N1. The van der Waals surface area contributed by atoms with Crippen molar-refractivity contribution < 1.29 is 4.79 Å². The molecule has 3 aromatic rings. The number of aryl methyl sites for hydroxylation is 1. The number of allylic oxidation sites excluding steroid dienone is 1. The van der Waals surface area contributed by atoms with Gasteiger partial charge in [-0.15, -0.1) is 11.3 Å². The summed E-state index contributed by atoms with van der Waals surface area (Å²) in [6.45, 7) is 3.80. The van der Waals surface area contributed by atoms with Gasteiger partial charge in [0.25, 0.3) is 5.91 Å². The zero-order valence-electron chi connectivity index (χ0n) is 14.2. The quantitative estimate of drug-likeness (QED) is 0.707. The smallest absolute Gasteiger partial charge is 0.255 e. The Balaban J connectivity index is 1.75. The lowest BCUT2D eigenvalue weighted by Crippen LogP contribution is -2.31. The van der Waals surface area contributed by atoms with Crippen LogP contribution in [0.3, 0.4) is 0 Å². The molecule has 1 aliphatic rings. The Labute approximate surface area is 159 Å². The number of carbonyl (C=O) groups is 1. The van der Waals surface area contributed by atoms with E-state index in [1.54, 1.807) is 28.2 Å². The van der Waals surface area contributed by atoms with Gasteiger partial charge in [-0.3, -0.25) is 4.79 Å². The fraction of sp³-hybridized carbons (Fsp3) is 0.167. The summed E-state index contributed by atoms with van der Waals surface area (Å²) < 4.78 is 1.73. The van der Waals surface area contributed by atoms with Crippen LogP contribution in [0.2, 0.25) is 5.02 Å². The molecule has 0 unspecified atom stereocenters. The van der Waals surface area contributed by atoms with Gasteiger partial charge in [-0.05, 0) is 43.0 Å². The third-order valence-corrected chi connectivity index (χ3v) is 5.46. The minimum absolute atomic E-state index is 0.195. The number of carbonyl (C=O) groups excluding carboxylic acids is 1. The number of halogens is 1. The van der Waals surface area contributed by atoms with Crippen LogP contribution in [0.4, 0.5) is 11.6 Å². The molecule has 132 valence electrons. The maximum absolute atomic E-state index is 13.2. The van der Waals surface area contributed by atoms with Crippen molar-refractivity contribution in [2.45, 2.75) is 19.9 Å². The normalized spacial score (nSPS) is 16.2. The van der Waals surface area contributed by atoms with E-state index in [1.807, 2.05) is 37.4 Å². The van der Waals surface area contributed by atoms with Gasteiger partial charge >= 0.3 is 0 Å². The molecule has 0 spiro atoms. The van der Waals surface area contributed by atoms with Crippen LogP contribution in [-0.4, -0.2) is 20.7 Å². The molecule has 3 heterocycles. The first kappa shape index (κ1) is 16.8. The summed E-state index contributed by atoms with van der Waals surface area (Å²) in [5, 5.41) is 13.0. The Bertz CT molecular complexity index is 1010. The van der Waals surface area contributed by atoms with Gasteiger partial charge in [0, 0.05) is 21.3 Å². The number of aromatic nitrogens is 3. The average Bonchev–Trinajstić information content (AvgIpc) is 3.28. The van der Waals surface area contributed by atoms with Crippen LogP contribution in [-0.2, 0) is 4.79 Å². The summed E-state index contributed by atoms with van der Waals surface area (Å²) >= 11 is 7.66. The van der Waals surface area contributed by atoms with Crippen molar-refractivity contribution in [3.63, 3.8) is 0 Å². The number of amides is 1. The first-order valence-corrected chi connectivity index (χ1v) is 9.28. The number of nitrogens with one attached hydrogen (secondary N) is 2. The van der Waals surface area contributed by atoms with Crippen molar-refractivity contribution in [2.24, 2.45) is 0 Å².